The maximum Gasteiger partial charge on any atom is 0.254 e. The summed E-state index contributed by atoms with van der Waals surface area (Å²) in [4.78, 5) is 13.5. The van der Waals surface area contributed by atoms with E-state index in [1.54, 1.807) is 0 Å². The van der Waals surface area contributed by atoms with Crippen LogP contribution in [0.1, 0.15) is 24.2 Å². The third-order valence-electron chi connectivity index (χ3n) is 3.54. The third kappa shape index (κ3) is 2.06. The number of benzene rings is 1. The third-order valence-corrected chi connectivity index (χ3v) is 3.54. The van der Waals surface area contributed by atoms with Gasteiger partial charge in [0.05, 0.1) is 18.8 Å². The lowest BCUT2D eigenvalue weighted by molar-refractivity contribution is -0.110. The van der Waals surface area contributed by atoms with Gasteiger partial charge in [-0.1, -0.05) is 13.8 Å². The highest BCUT2D eigenvalue weighted by atomic mass is 19.1. The number of rotatable bonds is 2. The van der Waals surface area contributed by atoms with Crippen LogP contribution in [-0.4, -0.2) is 34.6 Å². The lowest BCUT2D eigenvalue weighted by Crippen LogP contribution is -2.65. The van der Waals surface area contributed by atoms with Gasteiger partial charge < -0.3 is 15.7 Å². The quantitative estimate of drug-likeness (QED) is 0.778. The summed E-state index contributed by atoms with van der Waals surface area (Å²) in [6.45, 7) is 4.39. The molecule has 0 spiro atoms. The van der Waals surface area contributed by atoms with E-state index in [-0.39, 0.29) is 36.2 Å². The van der Waals surface area contributed by atoms with Gasteiger partial charge in [0.25, 0.3) is 5.91 Å². The summed E-state index contributed by atoms with van der Waals surface area (Å²) < 4.78 is 13.3. The van der Waals surface area contributed by atoms with Gasteiger partial charge in [0, 0.05) is 5.56 Å². The maximum atomic E-state index is 13.3. The number of carbonyl (C=O) groups excluding carboxylic acids is 1. The van der Waals surface area contributed by atoms with E-state index < -0.39 is 11.4 Å². The van der Waals surface area contributed by atoms with Crippen molar-refractivity contribution in [3.63, 3.8) is 0 Å². The smallest absolute Gasteiger partial charge is 0.254 e. The van der Waals surface area contributed by atoms with E-state index in [4.69, 9.17) is 5.73 Å². The highest BCUT2D eigenvalue weighted by molar-refractivity contribution is 5.95. The first kappa shape index (κ1) is 12.8. The molecule has 2 rings (SSSR count). The van der Waals surface area contributed by atoms with Gasteiger partial charge in [0.1, 0.15) is 11.4 Å². The number of hydrogen-bond acceptors (Lipinski definition) is 3. The van der Waals surface area contributed by atoms with Crippen LogP contribution in [0.25, 0.3) is 0 Å². The van der Waals surface area contributed by atoms with Gasteiger partial charge in [-0.25, -0.2) is 4.39 Å². The minimum atomic E-state index is -0.817. The molecule has 1 aliphatic rings. The second-order valence-corrected chi connectivity index (χ2v) is 5.16. The standard InChI is InChI=1S/C13H17FN2O2/c1-8(2)13(18)6-16(7-13)12(17)9-3-4-11(15)10(14)5-9/h3-5,8,18H,6-7,15H2,1-2H3. The Balaban J connectivity index is 2.08. The number of anilines is 1. The summed E-state index contributed by atoms with van der Waals surface area (Å²) in [5.74, 6) is -0.788. The molecule has 98 valence electrons. The number of nitrogens with zero attached hydrogens (tertiary/aromatic N) is 1. The molecule has 18 heavy (non-hydrogen) atoms. The van der Waals surface area contributed by atoms with E-state index in [1.165, 1.54) is 17.0 Å². The van der Waals surface area contributed by atoms with Crippen LogP contribution in [0.15, 0.2) is 18.2 Å². The van der Waals surface area contributed by atoms with E-state index in [0.29, 0.717) is 0 Å². The summed E-state index contributed by atoms with van der Waals surface area (Å²) in [5.41, 5.74) is 4.82. The molecule has 1 aliphatic heterocycles. The molecule has 1 heterocycles. The van der Waals surface area contributed by atoms with Crippen LogP contribution in [0.5, 0.6) is 0 Å². The second kappa shape index (κ2) is 4.24. The van der Waals surface area contributed by atoms with Gasteiger partial charge in [0.15, 0.2) is 0 Å². The molecule has 0 unspecified atom stereocenters. The van der Waals surface area contributed by atoms with E-state index in [1.807, 2.05) is 13.8 Å². The minimum Gasteiger partial charge on any atom is -0.396 e. The molecule has 3 N–H and O–H groups in total. The van der Waals surface area contributed by atoms with E-state index in [9.17, 15) is 14.3 Å². The van der Waals surface area contributed by atoms with Gasteiger partial charge >= 0.3 is 0 Å². The Morgan fingerprint density at radius 3 is 2.61 bits per heavy atom. The summed E-state index contributed by atoms with van der Waals surface area (Å²) in [6.07, 6.45) is 0. The summed E-state index contributed by atoms with van der Waals surface area (Å²) in [7, 11) is 0. The Hall–Kier alpha value is -1.62. The molecule has 1 saturated heterocycles. The SMILES string of the molecule is CC(C)C1(O)CN(C(=O)c2ccc(N)c(F)c2)C1. The molecule has 4 nitrogen and oxygen atoms in total. The fourth-order valence-electron chi connectivity index (χ4n) is 1.97. The molecule has 0 aromatic heterocycles. The van der Waals surface area contributed by atoms with Crippen molar-refractivity contribution in [3.05, 3.63) is 29.6 Å². The Kier molecular flexibility index (Phi) is 3.02. The number of β-amino-alcohol motifs (C(OH)–C–C–N with tert-alkyl or cyclic N) is 1. The molecule has 0 saturated carbocycles. The molecule has 1 fully saturated rings. The molecular formula is C13H17FN2O2. The molecule has 0 radical (unpaired) electrons. The van der Waals surface area contributed by atoms with Crippen molar-refractivity contribution in [2.24, 2.45) is 5.92 Å². The fraction of sp³-hybridized carbons (Fsp3) is 0.462. The van der Waals surface area contributed by atoms with Crippen LogP contribution >= 0.6 is 0 Å². The average Bonchev–Trinajstić information content (AvgIpc) is 2.27. The van der Waals surface area contributed by atoms with E-state index >= 15 is 0 Å². The molecule has 1 aromatic rings. The van der Waals surface area contributed by atoms with Gasteiger partial charge in [-0.3, -0.25) is 4.79 Å². The Bertz CT molecular complexity index is 482. The largest absolute Gasteiger partial charge is 0.396 e. The monoisotopic (exact) mass is 252 g/mol. The van der Waals surface area contributed by atoms with Crippen molar-refractivity contribution in [1.29, 1.82) is 0 Å². The molecule has 0 aliphatic carbocycles. The van der Waals surface area contributed by atoms with Crippen LogP contribution in [0.4, 0.5) is 10.1 Å². The first-order valence-corrected chi connectivity index (χ1v) is 5.90. The summed E-state index contributed by atoms with van der Waals surface area (Å²) >= 11 is 0. The van der Waals surface area contributed by atoms with Crippen LogP contribution < -0.4 is 5.73 Å². The molecule has 0 bridgehead atoms. The predicted molar refractivity (Wildman–Crippen MR) is 66.5 cm³/mol. The lowest BCUT2D eigenvalue weighted by atomic mass is 9.82. The zero-order valence-electron chi connectivity index (χ0n) is 10.5. The lowest BCUT2D eigenvalue weighted by Gasteiger charge is -2.49. The van der Waals surface area contributed by atoms with Crippen molar-refractivity contribution < 1.29 is 14.3 Å². The van der Waals surface area contributed by atoms with Crippen LogP contribution in [0, 0.1) is 11.7 Å². The Labute approximate surface area is 105 Å². The van der Waals surface area contributed by atoms with Crippen molar-refractivity contribution in [2.45, 2.75) is 19.4 Å². The highest BCUT2D eigenvalue weighted by Crippen LogP contribution is 2.30. The van der Waals surface area contributed by atoms with Gasteiger partial charge in [-0.15, -0.1) is 0 Å². The van der Waals surface area contributed by atoms with Crippen molar-refractivity contribution in [1.82, 2.24) is 4.90 Å². The van der Waals surface area contributed by atoms with Crippen molar-refractivity contribution in [2.75, 3.05) is 18.8 Å². The number of carbonyl (C=O) groups is 1. The first-order chi connectivity index (χ1) is 8.33. The number of aliphatic hydroxyl groups is 1. The van der Waals surface area contributed by atoms with Crippen LogP contribution in [-0.2, 0) is 0 Å². The Morgan fingerprint density at radius 2 is 2.11 bits per heavy atom. The van der Waals surface area contributed by atoms with Gasteiger partial charge in [-0.05, 0) is 24.1 Å². The number of hydrogen-bond donors (Lipinski definition) is 2. The summed E-state index contributed by atoms with van der Waals surface area (Å²) in [6, 6.07) is 3.99. The molecule has 1 amide bonds. The maximum absolute atomic E-state index is 13.3. The highest BCUT2D eigenvalue weighted by Gasteiger charge is 2.45. The normalized spacial score (nSPS) is 17.7. The molecule has 1 aromatic carbocycles. The zero-order valence-corrected chi connectivity index (χ0v) is 10.5. The summed E-state index contributed by atoms with van der Waals surface area (Å²) in [5, 5.41) is 10.1. The van der Waals surface area contributed by atoms with E-state index in [2.05, 4.69) is 0 Å². The number of amides is 1. The molecule has 5 heteroatoms. The predicted octanol–water partition coefficient (Wildman–Crippen LogP) is 1.25. The number of likely N-dealkylation sites (tertiary alicyclic amines) is 1. The minimum absolute atomic E-state index is 0.0221. The van der Waals surface area contributed by atoms with Crippen LogP contribution in [0.2, 0.25) is 0 Å². The van der Waals surface area contributed by atoms with Gasteiger partial charge in [-0.2, -0.15) is 0 Å². The number of halogens is 1. The first-order valence-electron chi connectivity index (χ1n) is 5.90. The molecular weight excluding hydrogens is 235 g/mol. The average molecular weight is 252 g/mol. The van der Waals surface area contributed by atoms with Crippen molar-refractivity contribution >= 4 is 11.6 Å². The Morgan fingerprint density at radius 1 is 1.50 bits per heavy atom. The second-order valence-electron chi connectivity index (χ2n) is 5.16. The topological polar surface area (TPSA) is 66.6 Å². The zero-order chi connectivity index (χ0) is 13.5. The number of nitrogen functional groups attached to an aromatic ring is 1. The van der Waals surface area contributed by atoms with Gasteiger partial charge in [0.2, 0.25) is 0 Å². The van der Waals surface area contributed by atoms with Crippen LogP contribution in [0.3, 0.4) is 0 Å². The van der Waals surface area contributed by atoms with E-state index in [0.717, 1.165) is 6.07 Å². The number of nitrogens with two attached hydrogens (primary N) is 1. The van der Waals surface area contributed by atoms with Crippen molar-refractivity contribution in [3.8, 4) is 0 Å². The fourth-order valence-corrected chi connectivity index (χ4v) is 1.97. The molecule has 0 atom stereocenters.